The van der Waals surface area contributed by atoms with Gasteiger partial charge in [-0.2, -0.15) is 5.10 Å². The predicted molar refractivity (Wildman–Crippen MR) is 121 cm³/mol. The molecule has 1 N–H and O–H groups in total. The van der Waals surface area contributed by atoms with Gasteiger partial charge in [0, 0.05) is 20.8 Å². The summed E-state index contributed by atoms with van der Waals surface area (Å²) in [6.07, 6.45) is 1.26. The van der Waals surface area contributed by atoms with Gasteiger partial charge in [0.25, 0.3) is 5.91 Å². The summed E-state index contributed by atoms with van der Waals surface area (Å²) in [5.41, 5.74) is 3.79. The van der Waals surface area contributed by atoms with Crippen LogP contribution in [-0.2, 0) is 10.5 Å². The lowest BCUT2D eigenvalue weighted by Crippen LogP contribution is -2.19. The van der Waals surface area contributed by atoms with E-state index in [-0.39, 0.29) is 17.2 Å². The quantitative estimate of drug-likeness (QED) is 0.232. The van der Waals surface area contributed by atoms with E-state index in [9.17, 15) is 9.18 Å². The number of carbonyl (C=O) groups is 1. The van der Waals surface area contributed by atoms with Crippen LogP contribution in [0, 0.1) is 5.82 Å². The number of halogens is 3. The van der Waals surface area contributed by atoms with E-state index in [0.717, 1.165) is 20.1 Å². The van der Waals surface area contributed by atoms with E-state index in [1.165, 1.54) is 35.4 Å². The summed E-state index contributed by atoms with van der Waals surface area (Å²) >= 11 is 13.4. The molecule has 0 aliphatic heterocycles. The normalized spacial score (nSPS) is 11.1. The second-order valence-corrected chi connectivity index (χ2v) is 10.3. The predicted octanol–water partition coefficient (Wildman–Crippen LogP) is 5.63. The van der Waals surface area contributed by atoms with Crippen molar-refractivity contribution in [1.29, 1.82) is 0 Å². The first-order valence-electron chi connectivity index (χ1n) is 8.10. The average molecular weight is 532 g/mol. The molecule has 1 amide bonds. The Labute approximate surface area is 192 Å². The molecule has 3 rings (SSSR count). The van der Waals surface area contributed by atoms with E-state index in [0.29, 0.717) is 9.36 Å². The molecule has 5 nitrogen and oxygen atoms in total. The minimum atomic E-state index is -0.418. The van der Waals surface area contributed by atoms with E-state index in [1.54, 1.807) is 23.9 Å². The Morgan fingerprint density at radius 1 is 1.21 bits per heavy atom. The highest BCUT2D eigenvalue weighted by Crippen LogP contribution is 2.30. The molecule has 0 saturated carbocycles. The van der Waals surface area contributed by atoms with Crippen molar-refractivity contribution >= 4 is 74.5 Å². The van der Waals surface area contributed by atoms with Gasteiger partial charge >= 0.3 is 0 Å². The Morgan fingerprint density at radius 2 is 1.93 bits per heavy atom. The Hall–Kier alpha value is -1.46. The summed E-state index contributed by atoms with van der Waals surface area (Å²) in [6, 6.07) is 12.1. The molecule has 0 bridgehead atoms. The zero-order valence-electron chi connectivity index (χ0n) is 14.6. The monoisotopic (exact) mass is 530 g/mol. The zero-order valence-corrected chi connectivity index (χ0v) is 19.4. The number of carbonyl (C=O) groups excluding carboxylic acids is 1. The zero-order chi connectivity index (χ0) is 20.6. The SMILES string of the molecule is O=C(CSc1nnc(SCc2ccc(Cl)cc2)s1)NN=Cc1cc(Br)ccc1F. The standard InChI is InChI=1S/C18H13BrClFN4OS3/c19-13-3-6-15(21)12(7-13)8-22-23-16(26)10-28-18-25-24-17(29-18)27-9-11-1-4-14(20)5-2-11/h1-8H,9-10H2,(H,23,26). The fourth-order valence-electron chi connectivity index (χ4n) is 1.99. The molecule has 0 atom stereocenters. The van der Waals surface area contributed by atoms with Crippen LogP contribution in [0.3, 0.4) is 0 Å². The molecule has 0 saturated heterocycles. The Bertz CT molecular complexity index is 1020. The summed E-state index contributed by atoms with van der Waals surface area (Å²) in [6.45, 7) is 0. The van der Waals surface area contributed by atoms with Crippen LogP contribution in [0.15, 0.2) is 60.7 Å². The molecule has 0 fully saturated rings. The third kappa shape index (κ3) is 7.38. The number of nitrogens with zero attached hydrogens (tertiary/aromatic N) is 3. The average Bonchev–Trinajstić information content (AvgIpc) is 3.16. The molecule has 0 aliphatic rings. The van der Waals surface area contributed by atoms with Gasteiger partial charge in [-0.3, -0.25) is 4.79 Å². The van der Waals surface area contributed by atoms with Crippen molar-refractivity contribution in [2.24, 2.45) is 5.10 Å². The van der Waals surface area contributed by atoms with Gasteiger partial charge < -0.3 is 0 Å². The fourth-order valence-corrected chi connectivity index (χ4v) is 5.26. The van der Waals surface area contributed by atoms with Gasteiger partial charge in [0.2, 0.25) is 0 Å². The van der Waals surface area contributed by atoms with Crippen molar-refractivity contribution in [2.75, 3.05) is 5.75 Å². The van der Waals surface area contributed by atoms with Crippen LogP contribution < -0.4 is 5.43 Å². The summed E-state index contributed by atoms with van der Waals surface area (Å²) in [5.74, 6) is 0.164. The number of benzene rings is 2. The van der Waals surface area contributed by atoms with E-state index < -0.39 is 5.82 Å². The molecule has 150 valence electrons. The Balaban J connectivity index is 1.43. The van der Waals surface area contributed by atoms with Crippen LogP contribution >= 0.6 is 62.4 Å². The minimum Gasteiger partial charge on any atom is -0.272 e. The van der Waals surface area contributed by atoms with Crippen LogP contribution in [0.1, 0.15) is 11.1 Å². The molecule has 0 spiro atoms. The lowest BCUT2D eigenvalue weighted by Gasteiger charge is -1.99. The van der Waals surface area contributed by atoms with Crippen LogP contribution in [0.5, 0.6) is 0 Å². The van der Waals surface area contributed by atoms with E-state index in [1.807, 2.05) is 24.3 Å². The van der Waals surface area contributed by atoms with E-state index in [2.05, 4.69) is 36.7 Å². The van der Waals surface area contributed by atoms with Gasteiger partial charge in [0.1, 0.15) is 5.82 Å². The van der Waals surface area contributed by atoms with Gasteiger partial charge in [-0.05, 0) is 35.9 Å². The highest BCUT2D eigenvalue weighted by atomic mass is 79.9. The number of aromatic nitrogens is 2. The van der Waals surface area contributed by atoms with Gasteiger partial charge in [-0.15, -0.1) is 10.2 Å². The first-order valence-corrected chi connectivity index (χ1v) is 12.1. The number of thioether (sulfide) groups is 2. The molecular formula is C18H13BrClFN4OS3. The lowest BCUT2D eigenvalue weighted by atomic mass is 10.2. The molecule has 0 aliphatic carbocycles. The molecule has 11 heteroatoms. The van der Waals surface area contributed by atoms with Crippen LogP contribution in [0.2, 0.25) is 5.02 Å². The lowest BCUT2D eigenvalue weighted by molar-refractivity contribution is -0.118. The third-order valence-electron chi connectivity index (χ3n) is 3.34. The molecule has 2 aromatic carbocycles. The van der Waals surface area contributed by atoms with E-state index in [4.69, 9.17) is 11.6 Å². The fraction of sp³-hybridized carbons (Fsp3) is 0.111. The number of hydrogen-bond donors (Lipinski definition) is 1. The number of hydrogen-bond acceptors (Lipinski definition) is 7. The van der Waals surface area contributed by atoms with Crippen molar-refractivity contribution < 1.29 is 9.18 Å². The maximum Gasteiger partial charge on any atom is 0.250 e. The Morgan fingerprint density at radius 3 is 2.69 bits per heavy atom. The highest BCUT2D eigenvalue weighted by Gasteiger charge is 2.09. The summed E-state index contributed by atoms with van der Waals surface area (Å²) < 4.78 is 15.8. The maximum absolute atomic E-state index is 13.6. The van der Waals surface area contributed by atoms with Crippen LogP contribution in [0.4, 0.5) is 4.39 Å². The number of rotatable bonds is 8. The highest BCUT2D eigenvalue weighted by molar-refractivity contribution is 9.10. The molecule has 29 heavy (non-hydrogen) atoms. The van der Waals surface area contributed by atoms with Crippen molar-refractivity contribution in [3.63, 3.8) is 0 Å². The second kappa shape index (κ2) is 11.1. The van der Waals surface area contributed by atoms with Crippen molar-refractivity contribution in [1.82, 2.24) is 15.6 Å². The molecule has 0 unspecified atom stereocenters. The topological polar surface area (TPSA) is 67.2 Å². The maximum atomic E-state index is 13.6. The van der Waals surface area contributed by atoms with Crippen LogP contribution in [-0.4, -0.2) is 28.1 Å². The first-order chi connectivity index (χ1) is 14.0. The number of nitrogens with one attached hydrogen (secondary N) is 1. The summed E-state index contributed by atoms with van der Waals surface area (Å²) in [5, 5.41) is 12.7. The molecule has 0 radical (unpaired) electrons. The smallest absolute Gasteiger partial charge is 0.250 e. The molecular weight excluding hydrogens is 519 g/mol. The van der Waals surface area contributed by atoms with Crippen LogP contribution in [0.25, 0.3) is 0 Å². The van der Waals surface area contributed by atoms with Crippen molar-refractivity contribution in [3.8, 4) is 0 Å². The van der Waals surface area contributed by atoms with Gasteiger partial charge in [-0.1, -0.05) is 74.5 Å². The van der Waals surface area contributed by atoms with E-state index >= 15 is 0 Å². The number of hydrazone groups is 1. The summed E-state index contributed by atoms with van der Waals surface area (Å²) in [7, 11) is 0. The first kappa shape index (κ1) is 22.2. The minimum absolute atomic E-state index is 0.134. The third-order valence-corrected chi connectivity index (χ3v) is 7.35. The molecule has 1 aromatic heterocycles. The molecule has 3 aromatic rings. The second-order valence-electron chi connectivity index (χ2n) is 5.50. The van der Waals surface area contributed by atoms with Gasteiger partial charge in [-0.25, -0.2) is 9.82 Å². The Kier molecular flexibility index (Phi) is 8.49. The number of amides is 1. The van der Waals surface area contributed by atoms with Crippen molar-refractivity contribution in [3.05, 3.63) is 68.9 Å². The summed E-state index contributed by atoms with van der Waals surface area (Å²) in [4.78, 5) is 11.9. The molecule has 1 heterocycles. The van der Waals surface area contributed by atoms with Gasteiger partial charge in [0.15, 0.2) is 8.68 Å². The van der Waals surface area contributed by atoms with Crippen molar-refractivity contribution in [2.45, 2.75) is 14.4 Å². The largest absolute Gasteiger partial charge is 0.272 e. The van der Waals surface area contributed by atoms with Gasteiger partial charge in [0.05, 0.1) is 12.0 Å².